The number of nitrogens with one attached hydrogen (secondary N) is 1. The van der Waals surface area contributed by atoms with Crippen LogP contribution in [-0.4, -0.2) is 30.6 Å². The molecule has 0 bridgehead atoms. The summed E-state index contributed by atoms with van der Waals surface area (Å²) >= 11 is 0. The Bertz CT molecular complexity index is 1070. The van der Waals surface area contributed by atoms with Crippen LogP contribution in [0.2, 0.25) is 0 Å². The van der Waals surface area contributed by atoms with Crippen molar-refractivity contribution in [2.75, 3.05) is 5.32 Å². The minimum atomic E-state index is -0.199. The average molecular weight is 332 g/mol. The molecule has 0 saturated carbocycles. The summed E-state index contributed by atoms with van der Waals surface area (Å²) < 4.78 is 2.04. The second-order valence-corrected chi connectivity index (χ2v) is 6.05. The van der Waals surface area contributed by atoms with Gasteiger partial charge in [0, 0.05) is 23.2 Å². The summed E-state index contributed by atoms with van der Waals surface area (Å²) in [6, 6.07) is 9.17. The maximum atomic E-state index is 12.6. The van der Waals surface area contributed by atoms with Crippen molar-refractivity contribution in [3.8, 4) is 0 Å². The van der Waals surface area contributed by atoms with Crippen molar-refractivity contribution < 1.29 is 4.79 Å². The molecule has 0 aliphatic carbocycles. The van der Waals surface area contributed by atoms with Gasteiger partial charge in [0.25, 0.3) is 5.91 Å². The predicted octanol–water partition coefficient (Wildman–Crippen LogP) is 3.21. The largest absolute Gasteiger partial charge is 0.326 e. The maximum Gasteiger partial charge on any atom is 0.255 e. The Morgan fingerprint density at radius 2 is 2.08 bits per heavy atom. The number of imidazole rings is 1. The second-order valence-electron chi connectivity index (χ2n) is 6.05. The van der Waals surface area contributed by atoms with E-state index in [0.717, 1.165) is 16.4 Å². The molecule has 0 atom stereocenters. The SMILES string of the molecule is CC(C)n1cnc2nnc3ccc(C(=O)Nc4cccnc4)cc3c21. The van der Waals surface area contributed by atoms with Crippen LogP contribution in [0.1, 0.15) is 30.2 Å². The number of rotatable bonds is 3. The summed E-state index contributed by atoms with van der Waals surface area (Å²) in [6.07, 6.45) is 5.02. The first-order valence-electron chi connectivity index (χ1n) is 7.98. The van der Waals surface area contributed by atoms with Crippen molar-refractivity contribution >= 4 is 33.7 Å². The van der Waals surface area contributed by atoms with Crippen molar-refractivity contribution in [2.45, 2.75) is 19.9 Å². The summed E-state index contributed by atoms with van der Waals surface area (Å²) in [6.45, 7) is 4.15. The van der Waals surface area contributed by atoms with E-state index in [9.17, 15) is 4.79 Å². The number of aromatic nitrogens is 5. The molecular formula is C18H16N6O. The smallest absolute Gasteiger partial charge is 0.255 e. The van der Waals surface area contributed by atoms with Gasteiger partial charge in [-0.05, 0) is 44.2 Å². The van der Waals surface area contributed by atoms with Gasteiger partial charge in [-0.1, -0.05) is 0 Å². The van der Waals surface area contributed by atoms with Gasteiger partial charge >= 0.3 is 0 Å². The van der Waals surface area contributed by atoms with Gasteiger partial charge in [-0.25, -0.2) is 4.98 Å². The predicted molar refractivity (Wildman–Crippen MR) is 95.4 cm³/mol. The molecule has 7 nitrogen and oxygen atoms in total. The highest BCUT2D eigenvalue weighted by Gasteiger charge is 2.14. The number of anilines is 1. The third-order valence-electron chi connectivity index (χ3n) is 4.02. The molecule has 0 spiro atoms. The normalized spacial score (nSPS) is 11.3. The Kier molecular flexibility index (Phi) is 3.61. The maximum absolute atomic E-state index is 12.6. The van der Waals surface area contributed by atoms with E-state index in [2.05, 4.69) is 39.3 Å². The molecule has 7 heteroatoms. The Balaban J connectivity index is 1.82. The zero-order valence-corrected chi connectivity index (χ0v) is 13.8. The van der Waals surface area contributed by atoms with Gasteiger partial charge < -0.3 is 9.88 Å². The van der Waals surface area contributed by atoms with Gasteiger partial charge in [-0.15, -0.1) is 10.2 Å². The molecular weight excluding hydrogens is 316 g/mol. The van der Waals surface area contributed by atoms with E-state index in [-0.39, 0.29) is 11.9 Å². The molecule has 3 heterocycles. The zero-order valence-electron chi connectivity index (χ0n) is 13.8. The summed E-state index contributed by atoms with van der Waals surface area (Å²) in [4.78, 5) is 20.9. The highest BCUT2D eigenvalue weighted by atomic mass is 16.1. The molecule has 4 aromatic rings. The highest BCUT2D eigenvalue weighted by molar-refractivity contribution is 6.09. The standard InChI is InChI=1S/C18H16N6O/c1-11(2)24-10-20-17-16(24)14-8-12(5-6-15(14)22-23-17)18(25)21-13-4-3-7-19-9-13/h3-11H,1-2H3,(H,21,25). The summed E-state index contributed by atoms with van der Waals surface area (Å²) in [5.74, 6) is -0.199. The summed E-state index contributed by atoms with van der Waals surface area (Å²) in [7, 11) is 0. The van der Waals surface area contributed by atoms with Crippen LogP contribution < -0.4 is 5.32 Å². The Labute approximate surface area is 143 Å². The lowest BCUT2D eigenvalue weighted by Crippen LogP contribution is -2.12. The Morgan fingerprint density at radius 3 is 2.84 bits per heavy atom. The van der Waals surface area contributed by atoms with Crippen LogP contribution in [-0.2, 0) is 0 Å². The number of nitrogens with zero attached hydrogens (tertiary/aromatic N) is 5. The number of carbonyl (C=O) groups excluding carboxylic acids is 1. The molecule has 1 N–H and O–H groups in total. The van der Waals surface area contributed by atoms with E-state index in [1.54, 1.807) is 43.0 Å². The lowest BCUT2D eigenvalue weighted by Gasteiger charge is -2.10. The van der Waals surface area contributed by atoms with E-state index in [1.165, 1.54) is 0 Å². The van der Waals surface area contributed by atoms with Crippen LogP contribution in [0.4, 0.5) is 5.69 Å². The highest BCUT2D eigenvalue weighted by Crippen LogP contribution is 2.25. The van der Waals surface area contributed by atoms with E-state index in [1.807, 2.05) is 10.6 Å². The molecule has 124 valence electrons. The van der Waals surface area contributed by atoms with E-state index in [4.69, 9.17) is 0 Å². The van der Waals surface area contributed by atoms with Crippen molar-refractivity contribution in [2.24, 2.45) is 0 Å². The fourth-order valence-corrected chi connectivity index (χ4v) is 2.77. The lowest BCUT2D eigenvalue weighted by atomic mass is 10.1. The third-order valence-corrected chi connectivity index (χ3v) is 4.02. The minimum absolute atomic E-state index is 0.199. The molecule has 1 amide bonds. The third kappa shape index (κ3) is 2.69. The number of hydrogen-bond acceptors (Lipinski definition) is 5. The first-order valence-corrected chi connectivity index (χ1v) is 7.98. The van der Waals surface area contributed by atoms with Crippen LogP contribution in [0, 0.1) is 0 Å². The Morgan fingerprint density at radius 1 is 1.20 bits per heavy atom. The van der Waals surface area contributed by atoms with Crippen molar-refractivity contribution in [1.29, 1.82) is 0 Å². The first-order chi connectivity index (χ1) is 12.1. The molecule has 25 heavy (non-hydrogen) atoms. The Hall–Kier alpha value is -3.35. The van der Waals surface area contributed by atoms with Crippen molar-refractivity contribution in [3.05, 3.63) is 54.6 Å². The average Bonchev–Trinajstić information content (AvgIpc) is 3.07. The van der Waals surface area contributed by atoms with E-state index < -0.39 is 0 Å². The molecule has 0 radical (unpaired) electrons. The van der Waals surface area contributed by atoms with Crippen LogP contribution in [0.15, 0.2) is 49.1 Å². The number of carbonyl (C=O) groups is 1. The van der Waals surface area contributed by atoms with Crippen LogP contribution >= 0.6 is 0 Å². The fraction of sp³-hybridized carbons (Fsp3) is 0.167. The van der Waals surface area contributed by atoms with Crippen LogP contribution in [0.3, 0.4) is 0 Å². The summed E-state index contributed by atoms with van der Waals surface area (Å²) in [5, 5.41) is 12.1. The quantitative estimate of drug-likeness (QED) is 0.622. The van der Waals surface area contributed by atoms with E-state index in [0.29, 0.717) is 16.9 Å². The molecule has 4 rings (SSSR count). The van der Waals surface area contributed by atoms with Gasteiger partial charge in [0.1, 0.15) is 0 Å². The van der Waals surface area contributed by atoms with Gasteiger partial charge in [-0.3, -0.25) is 9.78 Å². The number of fused-ring (bicyclic) bond motifs is 3. The van der Waals surface area contributed by atoms with Gasteiger partial charge in [0.15, 0.2) is 0 Å². The molecule has 0 saturated heterocycles. The number of amides is 1. The second kappa shape index (κ2) is 5.94. The zero-order chi connectivity index (χ0) is 17.4. The monoisotopic (exact) mass is 332 g/mol. The lowest BCUT2D eigenvalue weighted by molar-refractivity contribution is 0.102. The van der Waals surface area contributed by atoms with Gasteiger partial charge in [0.05, 0.1) is 29.2 Å². The molecule has 0 aliphatic heterocycles. The van der Waals surface area contributed by atoms with Gasteiger partial charge in [-0.2, -0.15) is 0 Å². The van der Waals surface area contributed by atoms with E-state index >= 15 is 0 Å². The number of benzene rings is 1. The molecule has 0 unspecified atom stereocenters. The fourth-order valence-electron chi connectivity index (χ4n) is 2.77. The molecule has 1 aromatic carbocycles. The molecule has 0 aliphatic rings. The minimum Gasteiger partial charge on any atom is -0.326 e. The molecule has 0 fully saturated rings. The summed E-state index contributed by atoms with van der Waals surface area (Å²) in [5.41, 5.74) is 3.38. The number of hydrogen-bond donors (Lipinski definition) is 1. The number of pyridine rings is 1. The molecule has 3 aromatic heterocycles. The topological polar surface area (TPSA) is 85.6 Å². The van der Waals surface area contributed by atoms with Crippen LogP contribution in [0.5, 0.6) is 0 Å². The van der Waals surface area contributed by atoms with Crippen LogP contribution in [0.25, 0.3) is 22.1 Å². The van der Waals surface area contributed by atoms with Crippen molar-refractivity contribution in [1.82, 2.24) is 24.7 Å². The van der Waals surface area contributed by atoms with Gasteiger partial charge in [0.2, 0.25) is 5.65 Å². The first kappa shape index (κ1) is 15.2. The van der Waals surface area contributed by atoms with Crippen molar-refractivity contribution in [3.63, 3.8) is 0 Å².